The summed E-state index contributed by atoms with van der Waals surface area (Å²) in [7, 11) is 3.62. The molecule has 1 aliphatic heterocycles. The van der Waals surface area contributed by atoms with Crippen molar-refractivity contribution in [1.29, 1.82) is 0 Å². The molecule has 1 saturated heterocycles. The average Bonchev–Trinajstić information content (AvgIpc) is 3.15. The topological polar surface area (TPSA) is 90.0 Å². The van der Waals surface area contributed by atoms with E-state index in [1.807, 2.05) is 59.9 Å². The first-order chi connectivity index (χ1) is 15.8. The fourth-order valence-corrected chi connectivity index (χ4v) is 4.68. The van der Waals surface area contributed by atoms with E-state index in [1.54, 1.807) is 18.0 Å². The predicted octanol–water partition coefficient (Wildman–Crippen LogP) is 3.52. The highest BCUT2D eigenvalue weighted by molar-refractivity contribution is 5.91. The number of likely N-dealkylation sites (N-methyl/N-ethyl adjacent to an activating group) is 2. The Bertz CT molecular complexity index is 904. The van der Waals surface area contributed by atoms with Crippen molar-refractivity contribution >= 4 is 17.8 Å². The lowest BCUT2D eigenvalue weighted by Crippen LogP contribution is -2.59. The Morgan fingerprint density at radius 3 is 2.26 bits per heavy atom. The molecule has 1 aliphatic rings. The molecule has 7 heteroatoms. The second-order valence-corrected chi connectivity index (χ2v) is 10.9. The molecule has 0 spiro atoms. The number of aliphatic carboxylic acids is 1. The number of carbonyl (C=O) groups is 3. The molecule has 0 bridgehead atoms. The molecule has 2 amide bonds. The van der Waals surface area contributed by atoms with E-state index >= 15 is 0 Å². The molecule has 4 atom stereocenters. The van der Waals surface area contributed by atoms with Gasteiger partial charge in [-0.3, -0.25) is 14.5 Å². The highest BCUT2D eigenvalue weighted by Gasteiger charge is 2.42. The van der Waals surface area contributed by atoms with Gasteiger partial charge >= 0.3 is 5.97 Å². The smallest absolute Gasteiger partial charge is 0.331 e. The van der Waals surface area contributed by atoms with E-state index in [4.69, 9.17) is 0 Å². The summed E-state index contributed by atoms with van der Waals surface area (Å²) >= 11 is 0. The van der Waals surface area contributed by atoms with Gasteiger partial charge in [-0.25, -0.2) is 4.79 Å². The summed E-state index contributed by atoms with van der Waals surface area (Å²) in [5.41, 5.74) is 0.776. The van der Waals surface area contributed by atoms with Crippen molar-refractivity contribution in [2.45, 2.75) is 72.0 Å². The summed E-state index contributed by atoms with van der Waals surface area (Å²) in [6, 6.07) is 8.51. The van der Waals surface area contributed by atoms with Gasteiger partial charge in [0, 0.05) is 18.5 Å². The minimum atomic E-state index is -1.01. The number of hydrogen-bond donors (Lipinski definition) is 2. The Balaban J connectivity index is 2.31. The number of nitrogens with zero attached hydrogens (tertiary/aromatic N) is 2. The summed E-state index contributed by atoms with van der Waals surface area (Å²) < 4.78 is 0. The first-order valence-electron chi connectivity index (χ1n) is 12.0. The Kier molecular flexibility index (Phi) is 9.06. The fraction of sp³-hybridized carbons (Fsp3) is 0.593. The van der Waals surface area contributed by atoms with Crippen LogP contribution in [0.15, 0.2) is 42.0 Å². The minimum Gasteiger partial charge on any atom is -0.478 e. The molecule has 0 saturated carbocycles. The third kappa shape index (κ3) is 6.47. The normalized spacial score (nSPS) is 21.3. The lowest BCUT2D eigenvalue weighted by atomic mass is 9.84. The predicted molar refractivity (Wildman–Crippen MR) is 134 cm³/mol. The number of carboxylic acids is 1. The molecule has 1 aromatic rings. The van der Waals surface area contributed by atoms with Gasteiger partial charge in [0.25, 0.3) is 0 Å². The van der Waals surface area contributed by atoms with Crippen molar-refractivity contribution in [3.05, 3.63) is 47.5 Å². The molecule has 1 fully saturated rings. The van der Waals surface area contributed by atoms with Crippen LogP contribution in [0.2, 0.25) is 0 Å². The number of carbonyl (C=O) groups excluding carboxylic acids is 2. The number of hydrogen-bond acceptors (Lipinski definition) is 4. The van der Waals surface area contributed by atoms with Gasteiger partial charge in [-0.15, -0.1) is 0 Å². The van der Waals surface area contributed by atoms with Gasteiger partial charge < -0.3 is 15.3 Å². The van der Waals surface area contributed by atoms with E-state index < -0.39 is 23.5 Å². The van der Waals surface area contributed by atoms with E-state index in [1.165, 1.54) is 6.92 Å². The molecule has 0 unspecified atom stereocenters. The molecule has 0 radical (unpaired) electrons. The first-order valence-corrected chi connectivity index (χ1v) is 12.0. The number of likely N-dealkylation sites (tertiary alicyclic amines) is 1. The van der Waals surface area contributed by atoms with E-state index in [0.29, 0.717) is 0 Å². The van der Waals surface area contributed by atoms with Gasteiger partial charge in [0.15, 0.2) is 0 Å². The molecule has 2 rings (SSSR count). The molecule has 0 aromatic heterocycles. The summed E-state index contributed by atoms with van der Waals surface area (Å²) in [5.74, 6) is -1.34. The SMILES string of the molecule is CC(=C[C@H](C(C)C)N(C)C(=O)[C@@H](NC(=O)[C@@H]1[C@@H](c2ccccc2)CCN1C)C(C)(C)C)C(=O)O. The van der Waals surface area contributed by atoms with E-state index in [-0.39, 0.29) is 35.3 Å². The molecule has 2 N–H and O–H groups in total. The summed E-state index contributed by atoms with van der Waals surface area (Å²) in [5, 5.41) is 12.4. The van der Waals surface area contributed by atoms with Crippen LogP contribution in [0.3, 0.4) is 0 Å². The van der Waals surface area contributed by atoms with Gasteiger partial charge in [-0.2, -0.15) is 0 Å². The van der Waals surface area contributed by atoms with Crippen molar-refractivity contribution in [3.8, 4) is 0 Å². The second-order valence-electron chi connectivity index (χ2n) is 10.9. The van der Waals surface area contributed by atoms with E-state index in [0.717, 1.165) is 18.5 Å². The number of nitrogens with one attached hydrogen (secondary N) is 1. The van der Waals surface area contributed by atoms with Crippen molar-refractivity contribution in [2.24, 2.45) is 11.3 Å². The maximum atomic E-state index is 13.7. The zero-order chi connectivity index (χ0) is 25.8. The Hall–Kier alpha value is -2.67. The zero-order valence-electron chi connectivity index (χ0n) is 21.8. The quantitative estimate of drug-likeness (QED) is 0.566. The van der Waals surface area contributed by atoms with Crippen LogP contribution >= 0.6 is 0 Å². The molecule has 1 heterocycles. The fourth-order valence-electron chi connectivity index (χ4n) is 4.68. The van der Waals surface area contributed by atoms with Crippen molar-refractivity contribution in [1.82, 2.24) is 15.1 Å². The van der Waals surface area contributed by atoms with E-state index in [9.17, 15) is 19.5 Å². The second kappa shape index (κ2) is 11.2. The van der Waals surface area contributed by atoms with Crippen LogP contribution in [-0.4, -0.2) is 71.5 Å². The van der Waals surface area contributed by atoms with Crippen LogP contribution in [0.4, 0.5) is 0 Å². The monoisotopic (exact) mass is 471 g/mol. The third-order valence-corrected chi connectivity index (χ3v) is 6.78. The minimum absolute atomic E-state index is 0.00277. The third-order valence-electron chi connectivity index (χ3n) is 6.78. The zero-order valence-corrected chi connectivity index (χ0v) is 21.8. The number of amides is 2. The number of carboxylic acid groups (broad SMARTS) is 1. The maximum Gasteiger partial charge on any atom is 0.331 e. The van der Waals surface area contributed by atoms with E-state index in [2.05, 4.69) is 22.3 Å². The average molecular weight is 472 g/mol. The number of benzene rings is 1. The molecular formula is C27H41N3O4. The Morgan fingerprint density at radius 2 is 1.76 bits per heavy atom. The van der Waals surface area contributed by atoms with Crippen LogP contribution in [0.25, 0.3) is 0 Å². The summed E-state index contributed by atoms with van der Waals surface area (Å²) in [6.45, 7) is 12.0. The van der Waals surface area contributed by atoms with Crippen LogP contribution in [0, 0.1) is 11.3 Å². The molecule has 188 valence electrons. The van der Waals surface area contributed by atoms with Crippen molar-refractivity contribution in [3.63, 3.8) is 0 Å². The van der Waals surface area contributed by atoms with Crippen LogP contribution in [-0.2, 0) is 14.4 Å². The lowest BCUT2D eigenvalue weighted by molar-refractivity contribution is -0.141. The van der Waals surface area contributed by atoms with Gasteiger partial charge in [0.1, 0.15) is 6.04 Å². The van der Waals surface area contributed by atoms with Gasteiger partial charge in [0.05, 0.1) is 12.1 Å². The van der Waals surface area contributed by atoms with Crippen molar-refractivity contribution < 1.29 is 19.5 Å². The van der Waals surface area contributed by atoms with Gasteiger partial charge in [-0.1, -0.05) is 71.0 Å². The molecule has 0 aliphatic carbocycles. The van der Waals surface area contributed by atoms with Crippen LogP contribution in [0.5, 0.6) is 0 Å². The summed E-state index contributed by atoms with van der Waals surface area (Å²) in [6.07, 6.45) is 2.49. The maximum absolute atomic E-state index is 13.7. The van der Waals surface area contributed by atoms with Gasteiger partial charge in [-0.05, 0) is 43.8 Å². The Morgan fingerprint density at radius 1 is 1.18 bits per heavy atom. The van der Waals surface area contributed by atoms with Crippen LogP contribution < -0.4 is 5.32 Å². The molecular weight excluding hydrogens is 430 g/mol. The lowest BCUT2D eigenvalue weighted by Gasteiger charge is -2.38. The van der Waals surface area contributed by atoms with Crippen molar-refractivity contribution in [2.75, 3.05) is 20.6 Å². The van der Waals surface area contributed by atoms with Crippen LogP contribution in [0.1, 0.15) is 59.4 Å². The first kappa shape index (κ1) is 27.6. The Labute approximate surface area is 204 Å². The molecule has 7 nitrogen and oxygen atoms in total. The molecule has 34 heavy (non-hydrogen) atoms. The largest absolute Gasteiger partial charge is 0.478 e. The standard InChI is InChI=1S/C27H41N3O4/c1-17(2)21(16-18(3)26(33)34)30(8)25(32)23(27(4,5)6)28-24(31)22-20(14-15-29(22)7)19-12-10-9-11-13-19/h9-13,16-17,20-23H,14-15H2,1-8H3,(H,28,31)(H,33,34)/t20-,21-,22+,23-/m1/s1. The number of rotatable bonds is 8. The highest BCUT2D eigenvalue weighted by atomic mass is 16.4. The highest BCUT2D eigenvalue weighted by Crippen LogP contribution is 2.33. The summed E-state index contributed by atoms with van der Waals surface area (Å²) in [4.78, 5) is 42.3. The van der Waals surface area contributed by atoms with Gasteiger partial charge in [0.2, 0.25) is 11.8 Å². The molecule has 1 aromatic carbocycles.